The van der Waals surface area contributed by atoms with Crippen molar-refractivity contribution in [2.75, 3.05) is 25.4 Å². The van der Waals surface area contributed by atoms with Crippen LogP contribution in [0.1, 0.15) is 13.3 Å². The van der Waals surface area contributed by atoms with Crippen LogP contribution in [0.5, 0.6) is 0 Å². The smallest absolute Gasteiger partial charge is 0.243 e. The summed E-state index contributed by atoms with van der Waals surface area (Å²) in [5.74, 6) is -0.618. The quantitative estimate of drug-likeness (QED) is 0.848. The summed E-state index contributed by atoms with van der Waals surface area (Å²) in [6.45, 7) is 2.93. The first-order valence-corrected chi connectivity index (χ1v) is 7.56. The Balaban J connectivity index is 2.28. The Morgan fingerprint density at radius 1 is 1.53 bits per heavy atom. The van der Waals surface area contributed by atoms with Crippen molar-refractivity contribution in [3.8, 4) is 0 Å². The highest BCUT2D eigenvalue weighted by Gasteiger charge is 2.30. The van der Waals surface area contributed by atoms with Crippen LogP contribution in [0.4, 0.5) is 10.1 Å². The maximum atomic E-state index is 13.1. The van der Waals surface area contributed by atoms with Crippen molar-refractivity contribution in [2.45, 2.75) is 24.3 Å². The predicted octanol–water partition coefficient (Wildman–Crippen LogP) is 1.21. The van der Waals surface area contributed by atoms with Crippen molar-refractivity contribution in [1.29, 1.82) is 0 Å². The summed E-state index contributed by atoms with van der Waals surface area (Å²) in [5.41, 5.74) is 5.25. The maximum Gasteiger partial charge on any atom is 0.243 e. The van der Waals surface area contributed by atoms with Gasteiger partial charge in [0, 0.05) is 13.1 Å². The van der Waals surface area contributed by atoms with E-state index in [1.54, 1.807) is 0 Å². The zero-order valence-electron chi connectivity index (χ0n) is 10.7. The van der Waals surface area contributed by atoms with Crippen LogP contribution in [0.15, 0.2) is 23.1 Å². The molecule has 0 aromatic heterocycles. The van der Waals surface area contributed by atoms with E-state index in [4.69, 9.17) is 10.5 Å². The van der Waals surface area contributed by atoms with E-state index in [1.807, 2.05) is 6.92 Å². The lowest BCUT2D eigenvalue weighted by Crippen LogP contribution is -2.45. The van der Waals surface area contributed by atoms with Crippen LogP contribution in [-0.2, 0) is 14.8 Å². The molecule has 1 aliphatic heterocycles. The fourth-order valence-corrected chi connectivity index (χ4v) is 3.48. The lowest BCUT2D eigenvalue weighted by atomic mass is 10.2. The van der Waals surface area contributed by atoms with Crippen LogP contribution in [-0.4, -0.2) is 38.5 Å². The zero-order valence-corrected chi connectivity index (χ0v) is 11.5. The number of ether oxygens (including phenoxy) is 1. The molecule has 0 saturated carbocycles. The minimum atomic E-state index is -3.64. The number of hydrogen-bond donors (Lipinski definition) is 1. The van der Waals surface area contributed by atoms with Gasteiger partial charge in [0.1, 0.15) is 5.82 Å². The third-order valence-electron chi connectivity index (χ3n) is 3.16. The number of benzene rings is 1. The molecule has 0 amide bonds. The Morgan fingerprint density at radius 2 is 2.26 bits per heavy atom. The number of morpholine rings is 1. The number of anilines is 1. The van der Waals surface area contributed by atoms with Crippen molar-refractivity contribution in [1.82, 2.24) is 4.31 Å². The largest absolute Gasteiger partial charge is 0.396 e. The third-order valence-corrected chi connectivity index (χ3v) is 5.02. The fourth-order valence-electron chi connectivity index (χ4n) is 1.99. The van der Waals surface area contributed by atoms with Gasteiger partial charge in [-0.25, -0.2) is 12.8 Å². The third kappa shape index (κ3) is 2.88. The molecule has 1 aromatic rings. The van der Waals surface area contributed by atoms with Crippen LogP contribution >= 0.6 is 0 Å². The van der Waals surface area contributed by atoms with E-state index in [0.29, 0.717) is 19.7 Å². The van der Waals surface area contributed by atoms with Crippen LogP contribution in [0, 0.1) is 5.82 Å². The summed E-state index contributed by atoms with van der Waals surface area (Å²) in [5, 5.41) is 0. The molecule has 19 heavy (non-hydrogen) atoms. The zero-order chi connectivity index (χ0) is 14.0. The number of sulfonamides is 1. The standard InChI is InChI=1S/C12H17FN2O3S/c1-2-9-8-15(5-6-18-9)19(16,17)10-3-4-11(13)12(14)7-10/h3-4,7,9H,2,5-6,8,14H2,1H3. The van der Waals surface area contributed by atoms with E-state index >= 15 is 0 Å². The summed E-state index contributed by atoms with van der Waals surface area (Å²) in [4.78, 5) is 0.0168. The first kappa shape index (κ1) is 14.2. The number of nitrogens with zero attached hydrogens (tertiary/aromatic N) is 1. The van der Waals surface area contributed by atoms with Gasteiger partial charge >= 0.3 is 0 Å². The van der Waals surface area contributed by atoms with E-state index in [0.717, 1.165) is 18.6 Å². The van der Waals surface area contributed by atoms with E-state index in [9.17, 15) is 12.8 Å². The van der Waals surface area contributed by atoms with Crippen molar-refractivity contribution < 1.29 is 17.5 Å². The molecule has 2 rings (SSSR count). The molecule has 106 valence electrons. The molecule has 1 atom stereocenters. The number of halogens is 1. The van der Waals surface area contributed by atoms with Crippen molar-refractivity contribution >= 4 is 15.7 Å². The molecular weight excluding hydrogens is 271 g/mol. The number of nitrogens with two attached hydrogens (primary N) is 1. The van der Waals surface area contributed by atoms with Crippen LogP contribution < -0.4 is 5.73 Å². The molecule has 1 heterocycles. The van der Waals surface area contributed by atoms with Gasteiger partial charge in [-0.3, -0.25) is 0 Å². The number of rotatable bonds is 3. The SMILES string of the molecule is CCC1CN(S(=O)(=O)c2ccc(F)c(N)c2)CCO1. The Hall–Kier alpha value is -1.18. The van der Waals surface area contributed by atoms with E-state index < -0.39 is 15.8 Å². The van der Waals surface area contributed by atoms with Gasteiger partial charge in [0.2, 0.25) is 10.0 Å². The summed E-state index contributed by atoms with van der Waals surface area (Å²) >= 11 is 0. The summed E-state index contributed by atoms with van der Waals surface area (Å²) in [7, 11) is -3.64. The Bertz CT molecular complexity index is 562. The molecule has 0 bridgehead atoms. The van der Waals surface area contributed by atoms with E-state index in [1.165, 1.54) is 10.4 Å². The first-order chi connectivity index (χ1) is 8.95. The highest BCUT2D eigenvalue weighted by atomic mass is 32.2. The monoisotopic (exact) mass is 288 g/mol. The minimum absolute atomic E-state index is 0.0168. The Kier molecular flexibility index (Phi) is 4.07. The van der Waals surface area contributed by atoms with Gasteiger partial charge < -0.3 is 10.5 Å². The number of hydrogen-bond acceptors (Lipinski definition) is 4. The summed E-state index contributed by atoms with van der Waals surface area (Å²) in [6.07, 6.45) is 0.652. The van der Waals surface area contributed by atoms with Gasteiger partial charge in [-0.05, 0) is 24.6 Å². The normalized spacial score (nSPS) is 21.5. The van der Waals surface area contributed by atoms with Crippen LogP contribution in [0.3, 0.4) is 0 Å². The van der Waals surface area contributed by atoms with Gasteiger partial charge in [-0.1, -0.05) is 6.92 Å². The van der Waals surface area contributed by atoms with Crippen LogP contribution in [0.25, 0.3) is 0 Å². The van der Waals surface area contributed by atoms with Crippen molar-refractivity contribution in [3.63, 3.8) is 0 Å². The lowest BCUT2D eigenvalue weighted by Gasteiger charge is -2.31. The second-order valence-electron chi connectivity index (χ2n) is 4.45. The first-order valence-electron chi connectivity index (χ1n) is 6.12. The topological polar surface area (TPSA) is 72.6 Å². The van der Waals surface area contributed by atoms with Crippen molar-refractivity contribution in [3.05, 3.63) is 24.0 Å². The molecule has 1 saturated heterocycles. The second kappa shape index (κ2) is 5.44. The predicted molar refractivity (Wildman–Crippen MR) is 69.6 cm³/mol. The Labute approximate surface area is 112 Å². The molecule has 1 aliphatic rings. The highest BCUT2D eigenvalue weighted by molar-refractivity contribution is 7.89. The van der Waals surface area contributed by atoms with Gasteiger partial charge in [-0.15, -0.1) is 0 Å². The molecule has 0 spiro atoms. The molecule has 7 heteroatoms. The molecule has 1 fully saturated rings. The van der Waals surface area contributed by atoms with Gasteiger partial charge in [-0.2, -0.15) is 4.31 Å². The average Bonchev–Trinajstić information content (AvgIpc) is 2.41. The van der Waals surface area contributed by atoms with Crippen LogP contribution in [0.2, 0.25) is 0 Å². The summed E-state index contributed by atoms with van der Waals surface area (Å²) in [6, 6.07) is 3.46. The minimum Gasteiger partial charge on any atom is -0.396 e. The molecule has 0 aliphatic carbocycles. The second-order valence-corrected chi connectivity index (χ2v) is 6.39. The fraction of sp³-hybridized carbons (Fsp3) is 0.500. The van der Waals surface area contributed by atoms with E-state index in [-0.39, 0.29) is 16.7 Å². The maximum absolute atomic E-state index is 13.1. The summed E-state index contributed by atoms with van der Waals surface area (Å²) < 4.78 is 44.7. The van der Waals surface area contributed by atoms with Crippen molar-refractivity contribution in [2.24, 2.45) is 0 Å². The molecule has 0 radical (unpaired) electrons. The molecule has 1 aromatic carbocycles. The molecule has 1 unspecified atom stereocenters. The highest BCUT2D eigenvalue weighted by Crippen LogP contribution is 2.22. The molecule has 5 nitrogen and oxygen atoms in total. The van der Waals surface area contributed by atoms with Gasteiger partial charge in [0.15, 0.2) is 0 Å². The molecule has 2 N–H and O–H groups in total. The van der Waals surface area contributed by atoms with Gasteiger partial charge in [0.05, 0.1) is 23.3 Å². The Morgan fingerprint density at radius 3 is 2.89 bits per heavy atom. The number of nitrogen functional groups attached to an aromatic ring is 1. The lowest BCUT2D eigenvalue weighted by molar-refractivity contribution is -0.00277. The van der Waals surface area contributed by atoms with Gasteiger partial charge in [0.25, 0.3) is 0 Å². The average molecular weight is 288 g/mol. The van der Waals surface area contributed by atoms with E-state index in [2.05, 4.69) is 0 Å². The molecular formula is C12H17FN2O3S.